The topological polar surface area (TPSA) is 76.1 Å². The number of carbonyl (C=O) groups excluding carboxylic acids is 1. The van der Waals surface area contributed by atoms with E-state index in [1.807, 2.05) is 42.5 Å². The minimum Gasteiger partial charge on any atom is -0.493 e. The first kappa shape index (κ1) is 31.9. The molecule has 0 radical (unpaired) electrons. The lowest BCUT2D eigenvalue weighted by Gasteiger charge is -2.21. The van der Waals surface area contributed by atoms with Crippen molar-refractivity contribution in [3.8, 4) is 16.9 Å². The van der Waals surface area contributed by atoms with Crippen LogP contribution in [-0.4, -0.2) is 43.8 Å². The number of aryl methyl sites for hydroxylation is 7. The molecule has 0 unspecified atom stereocenters. The van der Waals surface area contributed by atoms with Gasteiger partial charge in [0.2, 0.25) is 0 Å². The zero-order valence-corrected chi connectivity index (χ0v) is 29.5. The number of carbonyl (C=O) groups is 1. The number of thioether (sulfide) groups is 1. The van der Waals surface area contributed by atoms with E-state index in [1.165, 1.54) is 42.3 Å². The molecule has 8 bridgehead atoms. The molecule has 10 heteroatoms. The number of fused-ring (bicyclic) bond motifs is 8. The van der Waals surface area contributed by atoms with Crippen LogP contribution in [0.1, 0.15) is 74.8 Å². The predicted molar refractivity (Wildman–Crippen MR) is 189 cm³/mol. The molecule has 246 valence electrons. The number of ether oxygens (including phenoxy) is 2. The van der Waals surface area contributed by atoms with E-state index in [0.717, 1.165) is 88.3 Å². The Balaban J connectivity index is 1.35. The molecule has 0 atom stereocenters. The van der Waals surface area contributed by atoms with Crippen molar-refractivity contribution in [1.82, 2.24) is 24.1 Å². The highest BCUT2D eigenvalue weighted by Gasteiger charge is 2.28. The number of aromatic nitrogens is 5. The molecule has 2 aliphatic rings. The summed E-state index contributed by atoms with van der Waals surface area (Å²) in [6.45, 7) is 5.23. The van der Waals surface area contributed by atoms with Crippen molar-refractivity contribution < 1.29 is 14.3 Å². The summed E-state index contributed by atoms with van der Waals surface area (Å²) in [4.78, 5) is 13.3. The Morgan fingerprint density at radius 1 is 0.957 bits per heavy atom. The van der Waals surface area contributed by atoms with Gasteiger partial charge >= 0.3 is 5.97 Å². The molecule has 0 spiro atoms. The van der Waals surface area contributed by atoms with E-state index in [0.29, 0.717) is 29.6 Å². The summed E-state index contributed by atoms with van der Waals surface area (Å²) in [6.07, 6.45) is 7.16. The fourth-order valence-electron chi connectivity index (χ4n) is 7.52. The first-order valence-corrected chi connectivity index (χ1v) is 18.1. The van der Waals surface area contributed by atoms with Gasteiger partial charge in [-0.3, -0.25) is 9.36 Å². The molecule has 7 rings (SSSR count). The van der Waals surface area contributed by atoms with E-state index < -0.39 is 0 Å². The maximum absolute atomic E-state index is 13.3. The largest absolute Gasteiger partial charge is 0.493 e. The van der Waals surface area contributed by atoms with Gasteiger partial charge in [0.15, 0.2) is 0 Å². The first-order valence-electron chi connectivity index (χ1n) is 16.5. The van der Waals surface area contributed by atoms with Gasteiger partial charge in [-0.15, -0.1) is 11.8 Å². The zero-order valence-electron chi connectivity index (χ0n) is 27.9. The SMILES string of the molecule is COC(=O)c1c(C)c2c3c(Cl)ccc2n1CCCOc1cc(cc2c1CCCC2)CCc1cc(nn1C)CSCc1nn(C)c(C)c1-3. The van der Waals surface area contributed by atoms with Gasteiger partial charge in [-0.1, -0.05) is 17.7 Å². The Hall–Kier alpha value is -3.69. The Bertz CT molecular complexity index is 2010. The number of hydrogen-bond acceptors (Lipinski definition) is 6. The van der Waals surface area contributed by atoms with E-state index in [4.69, 9.17) is 31.3 Å². The molecule has 47 heavy (non-hydrogen) atoms. The van der Waals surface area contributed by atoms with Gasteiger partial charge in [0, 0.05) is 70.6 Å². The normalized spacial score (nSPS) is 15.5. The number of hydrogen-bond donors (Lipinski definition) is 0. The van der Waals surface area contributed by atoms with Crippen LogP contribution < -0.4 is 4.74 Å². The summed E-state index contributed by atoms with van der Waals surface area (Å²) < 4.78 is 18.0. The van der Waals surface area contributed by atoms with Crippen molar-refractivity contribution in [1.29, 1.82) is 0 Å². The van der Waals surface area contributed by atoms with Crippen molar-refractivity contribution in [2.75, 3.05) is 13.7 Å². The standard InChI is InChI=1S/C37H42ClN5O3S/c1-22-33-31-14-13-29(38)35(33)34-23(2)41(3)40-30(34)21-47-20-26-19-27(42(4)39-26)12-11-24-17-25-9-6-7-10-28(25)32(18-24)46-16-8-15-43(31)36(22)37(44)45-5/h13-14,17-19H,6-12,15-16,20-21H2,1-5H3. The number of esters is 1. The van der Waals surface area contributed by atoms with Gasteiger partial charge in [0.25, 0.3) is 0 Å². The highest BCUT2D eigenvalue weighted by atomic mass is 35.5. The van der Waals surface area contributed by atoms with Gasteiger partial charge in [-0.2, -0.15) is 10.2 Å². The number of methoxy groups -OCH3 is 1. The first-order chi connectivity index (χ1) is 22.7. The smallest absolute Gasteiger partial charge is 0.354 e. The third kappa shape index (κ3) is 5.86. The molecule has 4 heterocycles. The third-order valence-electron chi connectivity index (χ3n) is 9.91. The summed E-state index contributed by atoms with van der Waals surface area (Å²) in [5.74, 6) is 2.14. The molecular weight excluding hydrogens is 630 g/mol. The van der Waals surface area contributed by atoms with E-state index in [1.54, 1.807) is 11.8 Å². The molecule has 3 aromatic heterocycles. The van der Waals surface area contributed by atoms with Crippen LogP contribution in [0.15, 0.2) is 30.3 Å². The zero-order chi connectivity index (χ0) is 32.8. The fourth-order valence-corrected chi connectivity index (χ4v) is 8.62. The maximum atomic E-state index is 13.3. The summed E-state index contributed by atoms with van der Waals surface area (Å²) in [7, 11) is 5.46. The number of nitrogens with zero attached hydrogens (tertiary/aromatic N) is 5. The Morgan fingerprint density at radius 3 is 2.62 bits per heavy atom. The molecule has 0 fully saturated rings. The van der Waals surface area contributed by atoms with Crippen molar-refractivity contribution in [2.24, 2.45) is 14.1 Å². The molecule has 5 aromatic rings. The molecule has 1 aliphatic carbocycles. The van der Waals surface area contributed by atoms with Gasteiger partial charge in [0.05, 0.1) is 25.1 Å². The highest BCUT2D eigenvalue weighted by Crippen LogP contribution is 2.43. The van der Waals surface area contributed by atoms with Crippen LogP contribution in [0.25, 0.3) is 22.0 Å². The van der Waals surface area contributed by atoms with Crippen LogP contribution in [0.2, 0.25) is 5.02 Å². The number of halogens is 1. The van der Waals surface area contributed by atoms with Crippen LogP contribution in [0.4, 0.5) is 0 Å². The second kappa shape index (κ2) is 13.1. The van der Waals surface area contributed by atoms with Crippen LogP contribution in [0, 0.1) is 13.8 Å². The maximum Gasteiger partial charge on any atom is 0.354 e. The molecule has 0 saturated heterocycles. The summed E-state index contributed by atoms with van der Waals surface area (Å²) in [5.41, 5.74) is 12.7. The number of rotatable bonds is 1. The Morgan fingerprint density at radius 2 is 1.79 bits per heavy atom. The lowest BCUT2D eigenvalue weighted by molar-refractivity contribution is 0.0587. The molecule has 2 aromatic carbocycles. The van der Waals surface area contributed by atoms with Gasteiger partial charge < -0.3 is 14.0 Å². The fraction of sp³-hybridized carbons (Fsp3) is 0.432. The summed E-state index contributed by atoms with van der Waals surface area (Å²) in [6, 6.07) is 10.9. The average Bonchev–Trinajstić information content (AvgIpc) is 3.66. The summed E-state index contributed by atoms with van der Waals surface area (Å²) in [5, 5.41) is 11.4. The molecule has 0 saturated carbocycles. The lowest BCUT2D eigenvalue weighted by Crippen LogP contribution is -2.14. The highest BCUT2D eigenvalue weighted by molar-refractivity contribution is 7.97. The number of benzene rings is 2. The Kier molecular flexibility index (Phi) is 8.87. The van der Waals surface area contributed by atoms with E-state index >= 15 is 0 Å². The van der Waals surface area contributed by atoms with E-state index in [9.17, 15) is 4.79 Å². The van der Waals surface area contributed by atoms with Crippen LogP contribution in [-0.2, 0) is 62.6 Å². The molecule has 0 N–H and O–H groups in total. The predicted octanol–water partition coefficient (Wildman–Crippen LogP) is 7.71. The minimum atomic E-state index is -0.355. The van der Waals surface area contributed by atoms with Crippen LogP contribution >= 0.6 is 23.4 Å². The van der Waals surface area contributed by atoms with E-state index in [-0.39, 0.29) is 5.97 Å². The Labute approximate surface area is 285 Å². The molecule has 0 amide bonds. The molecule has 8 nitrogen and oxygen atoms in total. The van der Waals surface area contributed by atoms with Crippen LogP contribution in [0.5, 0.6) is 5.75 Å². The quantitative estimate of drug-likeness (QED) is 0.170. The van der Waals surface area contributed by atoms with Gasteiger partial charge in [-0.05, 0) is 105 Å². The minimum absolute atomic E-state index is 0.355. The second-order valence-electron chi connectivity index (χ2n) is 12.8. The molecule has 1 aliphatic heterocycles. The van der Waals surface area contributed by atoms with Gasteiger partial charge in [-0.25, -0.2) is 4.79 Å². The van der Waals surface area contributed by atoms with Crippen LogP contribution in [0.3, 0.4) is 0 Å². The van der Waals surface area contributed by atoms with Gasteiger partial charge in [0.1, 0.15) is 11.4 Å². The van der Waals surface area contributed by atoms with E-state index in [2.05, 4.69) is 29.7 Å². The molecular formula is C37H42ClN5O3S. The van der Waals surface area contributed by atoms with Crippen molar-refractivity contribution in [3.05, 3.63) is 86.1 Å². The summed E-state index contributed by atoms with van der Waals surface area (Å²) >= 11 is 8.86. The lowest BCUT2D eigenvalue weighted by atomic mass is 9.88. The monoisotopic (exact) mass is 671 g/mol. The van der Waals surface area contributed by atoms with Crippen molar-refractivity contribution >= 4 is 40.2 Å². The second-order valence-corrected chi connectivity index (χ2v) is 14.2. The average molecular weight is 672 g/mol. The van der Waals surface area contributed by atoms with Crippen molar-refractivity contribution in [2.45, 2.75) is 76.8 Å². The van der Waals surface area contributed by atoms with Crippen molar-refractivity contribution in [3.63, 3.8) is 0 Å². The third-order valence-corrected chi connectivity index (χ3v) is 11.2.